The molecule has 41 heavy (non-hydrogen) atoms. The van der Waals surface area contributed by atoms with Gasteiger partial charge in [0.15, 0.2) is 11.6 Å². The fourth-order valence-corrected chi connectivity index (χ4v) is 4.41. The molecule has 1 amide bonds. The number of ether oxygens (including phenoxy) is 1. The Labute approximate surface area is 240 Å². The molecule has 4 rings (SSSR count). The second kappa shape index (κ2) is 14.8. The summed E-state index contributed by atoms with van der Waals surface area (Å²) in [5.74, 6) is 0.516. The Balaban J connectivity index is 1.32. The third-order valence-corrected chi connectivity index (χ3v) is 6.85. The first-order chi connectivity index (χ1) is 20.0. The first kappa shape index (κ1) is 29.5. The van der Waals surface area contributed by atoms with Crippen LogP contribution in [0.1, 0.15) is 67.8 Å². The lowest BCUT2D eigenvalue weighted by Gasteiger charge is -2.14. The van der Waals surface area contributed by atoms with Gasteiger partial charge in [-0.1, -0.05) is 75.9 Å². The summed E-state index contributed by atoms with van der Waals surface area (Å²) in [6.45, 7) is 4.86. The van der Waals surface area contributed by atoms with E-state index in [2.05, 4.69) is 22.2 Å². The number of aryl methyl sites for hydroxylation is 1. The molecular formula is C33H37N3O5. The molecule has 8 heteroatoms. The molecule has 0 aliphatic rings. The summed E-state index contributed by atoms with van der Waals surface area (Å²) in [7, 11) is 0. The van der Waals surface area contributed by atoms with Crippen molar-refractivity contribution in [2.75, 3.05) is 6.61 Å². The number of furan rings is 1. The number of rotatable bonds is 15. The molecule has 0 bridgehead atoms. The van der Waals surface area contributed by atoms with Crippen LogP contribution in [-0.2, 0) is 17.6 Å². The van der Waals surface area contributed by atoms with Gasteiger partial charge in [0.1, 0.15) is 17.6 Å². The molecule has 214 valence electrons. The molecule has 2 aromatic heterocycles. The van der Waals surface area contributed by atoms with E-state index in [-0.39, 0.29) is 12.2 Å². The van der Waals surface area contributed by atoms with Crippen molar-refractivity contribution in [3.05, 3.63) is 90.1 Å². The highest BCUT2D eigenvalue weighted by atomic mass is 16.5. The number of carbonyl (C=O) groups excluding carboxylic acids is 1. The zero-order valence-electron chi connectivity index (χ0n) is 23.6. The first-order valence-electron chi connectivity index (χ1n) is 14.2. The number of benzene rings is 2. The maximum atomic E-state index is 12.5. The molecule has 1 atom stereocenters. The lowest BCUT2D eigenvalue weighted by molar-refractivity contribution is -0.139. The maximum absolute atomic E-state index is 12.5. The van der Waals surface area contributed by atoms with Crippen LogP contribution in [0.4, 0.5) is 0 Å². The van der Waals surface area contributed by atoms with Crippen molar-refractivity contribution in [1.29, 1.82) is 0 Å². The van der Waals surface area contributed by atoms with Crippen LogP contribution in [0.15, 0.2) is 77.5 Å². The summed E-state index contributed by atoms with van der Waals surface area (Å²) in [4.78, 5) is 33.3. The minimum absolute atomic E-state index is 0.0986. The molecule has 2 aromatic carbocycles. The van der Waals surface area contributed by atoms with Gasteiger partial charge in [-0.25, -0.2) is 14.8 Å². The standard InChI is InChI=1S/C33H37N3O5/c1-3-5-6-7-8-19-40-28-15-13-24(14-16-28)26-21-34-31(35-22-26)25-11-9-23(10-12-25)20-29(33(38)39)36-32(37)30-18-17-27(4-2)41-30/h9-18,21-22,29H,3-8,19-20H2,1-2H3,(H,36,37)(H,38,39). The summed E-state index contributed by atoms with van der Waals surface area (Å²) in [6.07, 6.45) is 10.4. The Hall–Kier alpha value is -4.46. The minimum Gasteiger partial charge on any atom is -0.494 e. The lowest BCUT2D eigenvalue weighted by atomic mass is 10.0. The summed E-state index contributed by atoms with van der Waals surface area (Å²) >= 11 is 0. The van der Waals surface area contributed by atoms with Crippen LogP contribution in [0.5, 0.6) is 5.75 Å². The quantitative estimate of drug-likeness (QED) is 0.156. The van der Waals surface area contributed by atoms with Crippen molar-refractivity contribution in [2.24, 2.45) is 0 Å². The highest BCUT2D eigenvalue weighted by Gasteiger charge is 2.23. The van der Waals surface area contributed by atoms with Gasteiger partial charge in [-0.2, -0.15) is 0 Å². The van der Waals surface area contributed by atoms with Crippen LogP contribution in [0.3, 0.4) is 0 Å². The Bertz CT molecular complexity index is 1400. The number of nitrogens with zero attached hydrogens (tertiary/aromatic N) is 2. The summed E-state index contributed by atoms with van der Waals surface area (Å²) in [5.41, 5.74) is 3.47. The van der Waals surface area contributed by atoms with Gasteiger partial charge in [-0.05, 0) is 41.8 Å². The summed E-state index contributed by atoms with van der Waals surface area (Å²) in [5, 5.41) is 12.2. The molecule has 0 aliphatic carbocycles. The predicted octanol–water partition coefficient (Wildman–Crippen LogP) is 6.74. The molecule has 0 fully saturated rings. The SMILES string of the molecule is CCCCCCCOc1ccc(-c2cnc(-c3ccc(CC(NC(=O)c4ccc(CC)o4)C(=O)O)cc3)nc2)cc1. The molecule has 0 spiro atoms. The second-order valence-corrected chi connectivity index (χ2v) is 9.97. The van der Waals surface area contributed by atoms with Crippen molar-refractivity contribution in [3.63, 3.8) is 0 Å². The average molecular weight is 556 g/mol. The van der Waals surface area contributed by atoms with Gasteiger partial charge in [-0.3, -0.25) is 4.79 Å². The van der Waals surface area contributed by atoms with Crippen molar-refractivity contribution in [2.45, 2.75) is 64.8 Å². The van der Waals surface area contributed by atoms with Crippen molar-refractivity contribution >= 4 is 11.9 Å². The van der Waals surface area contributed by atoms with Crippen molar-refractivity contribution < 1.29 is 23.8 Å². The number of carboxylic acids is 1. The van der Waals surface area contributed by atoms with E-state index < -0.39 is 17.9 Å². The number of hydrogen-bond acceptors (Lipinski definition) is 6. The van der Waals surface area contributed by atoms with E-state index in [4.69, 9.17) is 9.15 Å². The summed E-state index contributed by atoms with van der Waals surface area (Å²) < 4.78 is 11.3. The number of nitrogens with one attached hydrogen (secondary N) is 1. The number of aliphatic carboxylic acids is 1. The number of hydrogen-bond donors (Lipinski definition) is 2. The van der Waals surface area contributed by atoms with Gasteiger partial charge < -0.3 is 19.6 Å². The Morgan fingerprint density at radius 3 is 2.17 bits per heavy atom. The molecule has 0 radical (unpaired) electrons. The fourth-order valence-electron chi connectivity index (χ4n) is 4.41. The van der Waals surface area contributed by atoms with E-state index in [1.807, 2.05) is 55.5 Å². The normalized spacial score (nSPS) is 11.7. The highest BCUT2D eigenvalue weighted by molar-refractivity contribution is 5.94. The Kier molecular flexibility index (Phi) is 10.7. The van der Waals surface area contributed by atoms with Crippen molar-refractivity contribution in [3.8, 4) is 28.3 Å². The number of unbranched alkanes of at least 4 members (excludes halogenated alkanes) is 4. The molecule has 1 unspecified atom stereocenters. The number of carbonyl (C=O) groups is 2. The Morgan fingerprint density at radius 1 is 0.854 bits per heavy atom. The summed E-state index contributed by atoms with van der Waals surface area (Å²) in [6, 6.07) is 17.4. The lowest BCUT2D eigenvalue weighted by Crippen LogP contribution is -2.42. The monoisotopic (exact) mass is 555 g/mol. The topological polar surface area (TPSA) is 115 Å². The third-order valence-electron chi connectivity index (χ3n) is 6.85. The predicted molar refractivity (Wildman–Crippen MR) is 158 cm³/mol. The van der Waals surface area contributed by atoms with Gasteiger partial charge in [0, 0.05) is 36.4 Å². The van der Waals surface area contributed by atoms with Gasteiger partial charge in [0.2, 0.25) is 0 Å². The smallest absolute Gasteiger partial charge is 0.326 e. The van der Waals surface area contributed by atoms with Crippen LogP contribution in [0.2, 0.25) is 0 Å². The van der Waals surface area contributed by atoms with E-state index in [0.717, 1.165) is 41.0 Å². The molecular weight excluding hydrogens is 518 g/mol. The van der Waals surface area contributed by atoms with E-state index in [0.29, 0.717) is 18.0 Å². The van der Waals surface area contributed by atoms with Gasteiger partial charge >= 0.3 is 5.97 Å². The molecule has 4 aromatic rings. The number of amides is 1. The third kappa shape index (κ3) is 8.51. The highest BCUT2D eigenvalue weighted by Crippen LogP contribution is 2.24. The van der Waals surface area contributed by atoms with E-state index >= 15 is 0 Å². The van der Waals surface area contributed by atoms with Crippen molar-refractivity contribution in [1.82, 2.24) is 15.3 Å². The molecule has 0 saturated carbocycles. The first-order valence-corrected chi connectivity index (χ1v) is 14.2. The van der Waals surface area contributed by atoms with E-state index in [1.165, 1.54) is 25.7 Å². The van der Waals surface area contributed by atoms with Gasteiger partial charge in [0.25, 0.3) is 5.91 Å². The van der Waals surface area contributed by atoms with Gasteiger partial charge in [0.05, 0.1) is 6.61 Å². The van der Waals surface area contributed by atoms with Crippen LogP contribution in [0.25, 0.3) is 22.5 Å². The fraction of sp³-hybridized carbons (Fsp3) is 0.333. The Morgan fingerprint density at radius 2 is 1.54 bits per heavy atom. The largest absolute Gasteiger partial charge is 0.494 e. The zero-order valence-corrected chi connectivity index (χ0v) is 23.6. The zero-order chi connectivity index (χ0) is 29.0. The molecule has 2 N–H and O–H groups in total. The molecule has 8 nitrogen and oxygen atoms in total. The van der Waals surface area contributed by atoms with Crippen LogP contribution < -0.4 is 10.1 Å². The van der Waals surface area contributed by atoms with Gasteiger partial charge in [-0.15, -0.1) is 0 Å². The van der Waals surface area contributed by atoms with E-state index in [9.17, 15) is 14.7 Å². The second-order valence-electron chi connectivity index (χ2n) is 9.97. The average Bonchev–Trinajstić information content (AvgIpc) is 3.49. The van der Waals surface area contributed by atoms with E-state index in [1.54, 1.807) is 24.5 Å². The number of carboxylic acid groups (broad SMARTS) is 1. The number of aromatic nitrogens is 2. The van der Waals surface area contributed by atoms with Crippen LogP contribution in [0, 0.1) is 0 Å². The van der Waals surface area contributed by atoms with Crippen LogP contribution >= 0.6 is 0 Å². The molecule has 2 heterocycles. The maximum Gasteiger partial charge on any atom is 0.326 e. The minimum atomic E-state index is -1.12. The molecule has 0 saturated heterocycles. The van der Waals surface area contributed by atoms with Crippen LogP contribution in [-0.4, -0.2) is 39.6 Å². The molecule has 0 aliphatic heterocycles.